The van der Waals surface area contributed by atoms with Crippen molar-refractivity contribution >= 4 is 11.6 Å². The third kappa shape index (κ3) is 1.61. The number of allylic oxidation sites excluding steroid dienone is 2. The van der Waals surface area contributed by atoms with Crippen molar-refractivity contribution in [2.75, 3.05) is 0 Å². The summed E-state index contributed by atoms with van der Waals surface area (Å²) in [6.07, 6.45) is 9.34. The lowest BCUT2D eigenvalue weighted by molar-refractivity contribution is -0.131. The van der Waals surface area contributed by atoms with Crippen LogP contribution >= 0.6 is 0 Å². The molecular weight excluding hydrogens is 276 g/mol. The van der Waals surface area contributed by atoms with Crippen molar-refractivity contribution in [1.82, 2.24) is 0 Å². The Kier molecular flexibility index (Phi) is 2.88. The van der Waals surface area contributed by atoms with Crippen LogP contribution in [0.15, 0.2) is 23.8 Å². The normalized spacial score (nSPS) is 50.2. The maximum Gasteiger partial charge on any atom is 0.188 e. The second kappa shape index (κ2) is 4.41. The minimum Gasteiger partial charge on any atom is -0.380 e. The van der Waals surface area contributed by atoms with Crippen LogP contribution in [0, 0.1) is 28.6 Å². The molecule has 6 unspecified atom stereocenters. The first-order chi connectivity index (χ1) is 10.4. The molecule has 2 saturated carbocycles. The Hall–Kier alpha value is -1.22. The highest BCUT2D eigenvalue weighted by molar-refractivity contribution is 5.97. The molecule has 1 N–H and O–H groups in total. The Bertz CT molecular complexity index is 616. The van der Waals surface area contributed by atoms with Crippen LogP contribution < -0.4 is 0 Å². The molecule has 4 aliphatic carbocycles. The maximum atomic E-state index is 12.3. The lowest BCUT2D eigenvalue weighted by Gasteiger charge is -2.55. The smallest absolute Gasteiger partial charge is 0.188 e. The van der Waals surface area contributed by atoms with Crippen molar-refractivity contribution in [3.8, 4) is 0 Å². The van der Waals surface area contributed by atoms with E-state index in [2.05, 4.69) is 19.9 Å². The number of hydrogen-bond acceptors (Lipinski definition) is 3. The third-order valence-corrected chi connectivity index (χ3v) is 7.31. The van der Waals surface area contributed by atoms with E-state index < -0.39 is 6.10 Å². The number of carbonyl (C=O) groups excluding carboxylic acids is 2. The van der Waals surface area contributed by atoms with Crippen molar-refractivity contribution in [2.45, 2.75) is 52.1 Å². The molecule has 0 aromatic heterocycles. The van der Waals surface area contributed by atoms with Crippen molar-refractivity contribution in [2.24, 2.45) is 28.6 Å². The quantitative estimate of drug-likeness (QED) is 0.700. The second-order valence-corrected chi connectivity index (χ2v) is 8.11. The van der Waals surface area contributed by atoms with Crippen LogP contribution in [0.3, 0.4) is 0 Å². The van der Waals surface area contributed by atoms with E-state index in [1.165, 1.54) is 0 Å². The highest BCUT2D eigenvalue weighted by Gasteiger charge is 2.58. The molecule has 0 bridgehead atoms. The lowest BCUT2D eigenvalue weighted by atomic mass is 9.49. The van der Waals surface area contributed by atoms with Gasteiger partial charge in [-0.25, -0.2) is 0 Å². The summed E-state index contributed by atoms with van der Waals surface area (Å²) in [5.41, 5.74) is 0.549. The van der Waals surface area contributed by atoms with Gasteiger partial charge in [0.2, 0.25) is 0 Å². The largest absolute Gasteiger partial charge is 0.380 e. The summed E-state index contributed by atoms with van der Waals surface area (Å²) in [7, 11) is 0. The van der Waals surface area contributed by atoms with Gasteiger partial charge in [0.05, 0.1) is 0 Å². The number of carbonyl (C=O) groups is 2. The molecule has 6 atom stereocenters. The summed E-state index contributed by atoms with van der Waals surface area (Å²) in [6.45, 7) is 4.33. The van der Waals surface area contributed by atoms with Gasteiger partial charge in [0, 0.05) is 17.3 Å². The van der Waals surface area contributed by atoms with Crippen molar-refractivity contribution in [3.63, 3.8) is 0 Å². The third-order valence-electron chi connectivity index (χ3n) is 7.31. The van der Waals surface area contributed by atoms with Gasteiger partial charge in [0.25, 0.3) is 0 Å². The average Bonchev–Trinajstić information content (AvgIpc) is 2.79. The number of Topliss-reactive ketones (excluding diaryl/α,β-unsaturated/α-hetero) is 1. The molecule has 118 valence electrons. The van der Waals surface area contributed by atoms with Gasteiger partial charge in [-0.3, -0.25) is 9.59 Å². The van der Waals surface area contributed by atoms with Crippen LogP contribution in [-0.2, 0) is 9.59 Å². The monoisotopic (exact) mass is 300 g/mol. The molecule has 22 heavy (non-hydrogen) atoms. The van der Waals surface area contributed by atoms with Crippen LogP contribution in [0.25, 0.3) is 0 Å². The van der Waals surface area contributed by atoms with Crippen LogP contribution in [0.5, 0.6) is 0 Å². The van der Waals surface area contributed by atoms with Gasteiger partial charge in [-0.05, 0) is 55.1 Å². The fraction of sp³-hybridized carbons (Fsp3) is 0.684. The maximum absolute atomic E-state index is 12.3. The molecule has 0 amide bonds. The molecule has 0 saturated heterocycles. The van der Waals surface area contributed by atoms with Gasteiger partial charge in [0.15, 0.2) is 5.78 Å². The van der Waals surface area contributed by atoms with Gasteiger partial charge in [0.1, 0.15) is 11.9 Å². The van der Waals surface area contributed by atoms with Crippen molar-refractivity contribution in [1.29, 1.82) is 0 Å². The predicted molar refractivity (Wildman–Crippen MR) is 83.0 cm³/mol. The highest BCUT2D eigenvalue weighted by atomic mass is 16.3. The molecule has 0 radical (unpaired) electrons. The summed E-state index contributed by atoms with van der Waals surface area (Å²) < 4.78 is 0. The van der Waals surface area contributed by atoms with E-state index in [0.29, 0.717) is 23.5 Å². The Labute approximate surface area is 131 Å². The Morgan fingerprint density at radius 1 is 1.18 bits per heavy atom. The fourth-order valence-corrected chi connectivity index (χ4v) is 5.95. The molecule has 4 rings (SSSR count). The van der Waals surface area contributed by atoms with E-state index in [-0.39, 0.29) is 16.6 Å². The minimum atomic E-state index is -0.963. The van der Waals surface area contributed by atoms with E-state index in [1.807, 2.05) is 6.08 Å². The zero-order valence-electron chi connectivity index (χ0n) is 13.3. The molecule has 2 fully saturated rings. The summed E-state index contributed by atoms with van der Waals surface area (Å²) >= 11 is 0. The molecule has 3 nitrogen and oxygen atoms in total. The SMILES string of the molecule is CC12C=CC(=O)C(O)C1=CCC1C2CCC2(C)C(=O)CCC12. The molecule has 4 aliphatic rings. The molecule has 0 aromatic rings. The number of fused-ring (bicyclic) bond motifs is 5. The topological polar surface area (TPSA) is 54.4 Å². The highest BCUT2D eigenvalue weighted by Crippen LogP contribution is 2.62. The number of aliphatic hydroxyl groups is 1. The standard InChI is InChI=1S/C19H24O3/c1-18-10-8-15(20)17(22)14(18)4-3-11-12-5-6-16(21)19(12,2)9-7-13(11)18/h4,8,10-13,17,22H,3,5-7,9H2,1-2H3. The molecule has 0 aliphatic heterocycles. The summed E-state index contributed by atoms with van der Waals surface area (Å²) in [4.78, 5) is 24.2. The second-order valence-electron chi connectivity index (χ2n) is 8.11. The van der Waals surface area contributed by atoms with Crippen LogP contribution in [0.1, 0.15) is 46.0 Å². The Morgan fingerprint density at radius 3 is 2.73 bits per heavy atom. The van der Waals surface area contributed by atoms with E-state index in [0.717, 1.165) is 37.7 Å². The number of rotatable bonds is 0. The molecular formula is C19H24O3. The molecule has 0 aromatic carbocycles. The summed E-state index contributed by atoms with van der Waals surface area (Å²) in [6, 6.07) is 0. The minimum absolute atomic E-state index is 0.129. The van der Waals surface area contributed by atoms with E-state index >= 15 is 0 Å². The zero-order chi connectivity index (χ0) is 15.7. The van der Waals surface area contributed by atoms with Crippen LogP contribution in [0.4, 0.5) is 0 Å². The van der Waals surface area contributed by atoms with E-state index in [4.69, 9.17) is 0 Å². The van der Waals surface area contributed by atoms with Gasteiger partial charge in [-0.2, -0.15) is 0 Å². The van der Waals surface area contributed by atoms with E-state index in [1.54, 1.807) is 6.08 Å². The lowest BCUT2D eigenvalue weighted by Crippen LogP contribution is -2.51. The van der Waals surface area contributed by atoms with Gasteiger partial charge in [-0.1, -0.05) is 26.0 Å². The first-order valence-electron chi connectivity index (χ1n) is 8.53. The Morgan fingerprint density at radius 2 is 1.95 bits per heavy atom. The Balaban J connectivity index is 1.76. The van der Waals surface area contributed by atoms with Crippen LogP contribution in [0.2, 0.25) is 0 Å². The number of hydrogen-bond donors (Lipinski definition) is 1. The van der Waals surface area contributed by atoms with Gasteiger partial charge < -0.3 is 5.11 Å². The van der Waals surface area contributed by atoms with Gasteiger partial charge in [-0.15, -0.1) is 0 Å². The summed E-state index contributed by atoms with van der Waals surface area (Å²) in [5.74, 6) is 1.67. The zero-order valence-corrected chi connectivity index (χ0v) is 13.3. The number of ketones is 2. The van der Waals surface area contributed by atoms with E-state index in [9.17, 15) is 14.7 Å². The van der Waals surface area contributed by atoms with Crippen molar-refractivity contribution in [3.05, 3.63) is 23.8 Å². The van der Waals surface area contributed by atoms with Crippen molar-refractivity contribution < 1.29 is 14.7 Å². The fourth-order valence-electron chi connectivity index (χ4n) is 5.95. The van der Waals surface area contributed by atoms with Crippen LogP contribution in [-0.4, -0.2) is 22.8 Å². The molecule has 0 heterocycles. The first-order valence-corrected chi connectivity index (χ1v) is 8.53. The van der Waals surface area contributed by atoms with Gasteiger partial charge >= 0.3 is 0 Å². The predicted octanol–water partition coefficient (Wildman–Crippen LogP) is 2.83. The molecule has 0 spiro atoms. The number of aliphatic hydroxyl groups excluding tert-OH is 1. The summed E-state index contributed by atoms with van der Waals surface area (Å²) in [5, 5.41) is 10.3. The first kappa shape index (κ1) is 14.4. The average molecular weight is 300 g/mol. The molecule has 3 heteroatoms.